The molecule has 1 aromatic carbocycles. The zero-order valence-corrected chi connectivity index (χ0v) is 14.7. The standard InChI is InChI=1S/C18H22F3NO5/c19-18(20,21)12-27-15-7-2-1-6-14(15)26-11-16(23)22-10-4-3-5-13(22)8-9-17(24)25/h1-2,6-7,13H,3-5,8-12H2,(H,24,25). The van der Waals surface area contributed by atoms with Crippen molar-refractivity contribution in [2.24, 2.45) is 0 Å². The van der Waals surface area contributed by atoms with Crippen molar-refractivity contribution >= 4 is 11.9 Å². The van der Waals surface area contributed by atoms with Crippen LogP contribution in [-0.2, 0) is 9.59 Å². The molecule has 1 atom stereocenters. The van der Waals surface area contributed by atoms with Crippen LogP contribution in [0.25, 0.3) is 0 Å². The molecular formula is C18H22F3NO5. The smallest absolute Gasteiger partial charge is 0.422 e. The van der Waals surface area contributed by atoms with Gasteiger partial charge in [-0.3, -0.25) is 9.59 Å². The van der Waals surface area contributed by atoms with E-state index in [0.29, 0.717) is 13.0 Å². The molecule has 6 nitrogen and oxygen atoms in total. The Morgan fingerprint density at radius 3 is 2.44 bits per heavy atom. The van der Waals surface area contributed by atoms with Gasteiger partial charge in [0.1, 0.15) is 0 Å². The molecular weight excluding hydrogens is 367 g/mol. The van der Waals surface area contributed by atoms with Crippen molar-refractivity contribution < 1.29 is 37.3 Å². The van der Waals surface area contributed by atoms with Gasteiger partial charge in [-0.25, -0.2) is 0 Å². The molecule has 0 spiro atoms. The summed E-state index contributed by atoms with van der Waals surface area (Å²) in [5, 5.41) is 8.84. The Balaban J connectivity index is 1.94. The second-order valence-electron chi connectivity index (χ2n) is 6.31. The molecule has 2 rings (SSSR count). The molecule has 150 valence electrons. The number of ether oxygens (including phenoxy) is 2. The number of carbonyl (C=O) groups is 2. The fourth-order valence-electron chi connectivity index (χ4n) is 2.99. The molecule has 1 heterocycles. The summed E-state index contributed by atoms with van der Waals surface area (Å²) in [7, 11) is 0. The highest BCUT2D eigenvalue weighted by Crippen LogP contribution is 2.29. The number of likely N-dealkylation sites (tertiary alicyclic amines) is 1. The molecule has 1 aliphatic rings. The molecule has 1 N–H and O–H groups in total. The topological polar surface area (TPSA) is 76.1 Å². The number of benzene rings is 1. The highest BCUT2D eigenvalue weighted by Gasteiger charge is 2.30. The number of carbonyl (C=O) groups excluding carboxylic acids is 1. The number of hydrogen-bond acceptors (Lipinski definition) is 4. The van der Waals surface area contributed by atoms with Gasteiger partial charge in [0.05, 0.1) is 0 Å². The molecule has 9 heteroatoms. The Kier molecular flexibility index (Phi) is 7.32. The molecule has 1 saturated heterocycles. The lowest BCUT2D eigenvalue weighted by Gasteiger charge is -2.35. The minimum Gasteiger partial charge on any atom is -0.481 e. The maximum atomic E-state index is 12.5. The third-order valence-electron chi connectivity index (χ3n) is 4.23. The molecule has 27 heavy (non-hydrogen) atoms. The van der Waals surface area contributed by atoms with Gasteiger partial charge in [0.25, 0.3) is 5.91 Å². The van der Waals surface area contributed by atoms with E-state index in [-0.39, 0.29) is 36.5 Å². The van der Waals surface area contributed by atoms with Gasteiger partial charge in [-0.1, -0.05) is 12.1 Å². The van der Waals surface area contributed by atoms with Crippen molar-refractivity contribution in [1.29, 1.82) is 0 Å². The first kappa shape index (κ1) is 20.9. The van der Waals surface area contributed by atoms with E-state index in [4.69, 9.17) is 14.6 Å². The average molecular weight is 389 g/mol. The van der Waals surface area contributed by atoms with Crippen LogP contribution in [0.5, 0.6) is 11.5 Å². The molecule has 0 radical (unpaired) electrons. The van der Waals surface area contributed by atoms with Gasteiger partial charge >= 0.3 is 12.1 Å². The van der Waals surface area contributed by atoms with Crippen LogP contribution in [0.15, 0.2) is 24.3 Å². The number of carboxylic acids is 1. The van der Waals surface area contributed by atoms with E-state index in [9.17, 15) is 22.8 Å². The van der Waals surface area contributed by atoms with Crippen LogP contribution < -0.4 is 9.47 Å². The van der Waals surface area contributed by atoms with Gasteiger partial charge in [0.2, 0.25) is 0 Å². The Hall–Kier alpha value is -2.45. The van der Waals surface area contributed by atoms with Crippen LogP contribution in [0.1, 0.15) is 32.1 Å². The predicted octanol–water partition coefficient (Wildman–Crippen LogP) is 3.25. The van der Waals surface area contributed by atoms with Crippen LogP contribution in [0, 0.1) is 0 Å². The summed E-state index contributed by atoms with van der Waals surface area (Å²) < 4.78 is 47.1. The number of alkyl halides is 3. The summed E-state index contributed by atoms with van der Waals surface area (Å²) in [6.07, 6.45) is -1.67. The number of carboxylic acid groups (broad SMARTS) is 1. The Labute approximate surface area is 154 Å². The van der Waals surface area contributed by atoms with Gasteiger partial charge in [0, 0.05) is 19.0 Å². The van der Waals surface area contributed by atoms with Crippen molar-refractivity contribution in [1.82, 2.24) is 4.90 Å². The van der Waals surface area contributed by atoms with Gasteiger partial charge < -0.3 is 19.5 Å². The van der Waals surface area contributed by atoms with Gasteiger partial charge in [-0.05, 0) is 37.8 Å². The summed E-state index contributed by atoms with van der Waals surface area (Å²) in [5.41, 5.74) is 0. The molecule has 0 bridgehead atoms. The average Bonchev–Trinajstić information content (AvgIpc) is 2.63. The maximum absolute atomic E-state index is 12.5. The van der Waals surface area contributed by atoms with E-state index in [0.717, 1.165) is 19.3 Å². The van der Waals surface area contributed by atoms with Crippen LogP contribution in [0.3, 0.4) is 0 Å². The normalized spacial score (nSPS) is 17.4. The summed E-state index contributed by atoms with van der Waals surface area (Å²) >= 11 is 0. The molecule has 1 unspecified atom stereocenters. The molecule has 0 aliphatic carbocycles. The minimum atomic E-state index is -4.48. The summed E-state index contributed by atoms with van der Waals surface area (Å²) in [4.78, 5) is 24.9. The Bertz CT molecular complexity index is 650. The molecule has 1 fully saturated rings. The lowest BCUT2D eigenvalue weighted by molar-refractivity contribution is -0.153. The molecule has 0 saturated carbocycles. The number of aliphatic carboxylic acids is 1. The Morgan fingerprint density at radius 2 is 1.81 bits per heavy atom. The molecule has 1 aromatic rings. The molecule has 0 aromatic heterocycles. The quantitative estimate of drug-likeness (QED) is 0.739. The van der Waals surface area contributed by atoms with E-state index in [1.54, 1.807) is 11.0 Å². The van der Waals surface area contributed by atoms with E-state index in [1.165, 1.54) is 18.2 Å². The van der Waals surface area contributed by atoms with Crippen molar-refractivity contribution in [3.8, 4) is 11.5 Å². The maximum Gasteiger partial charge on any atom is 0.422 e. The third kappa shape index (κ3) is 6.99. The zero-order chi connectivity index (χ0) is 19.9. The second kappa shape index (κ2) is 9.48. The fourth-order valence-corrected chi connectivity index (χ4v) is 2.99. The minimum absolute atomic E-state index is 0.0244. The van der Waals surface area contributed by atoms with Crippen LogP contribution >= 0.6 is 0 Å². The van der Waals surface area contributed by atoms with Crippen molar-refractivity contribution in [2.75, 3.05) is 19.8 Å². The number of rotatable bonds is 8. The van der Waals surface area contributed by atoms with Crippen molar-refractivity contribution in [2.45, 2.75) is 44.3 Å². The Morgan fingerprint density at radius 1 is 1.15 bits per heavy atom. The van der Waals surface area contributed by atoms with E-state index < -0.39 is 18.8 Å². The number of amides is 1. The van der Waals surface area contributed by atoms with E-state index in [2.05, 4.69) is 0 Å². The monoisotopic (exact) mass is 389 g/mol. The van der Waals surface area contributed by atoms with Crippen LogP contribution in [0.4, 0.5) is 13.2 Å². The van der Waals surface area contributed by atoms with Gasteiger partial charge in [-0.15, -0.1) is 0 Å². The summed E-state index contributed by atoms with van der Waals surface area (Å²) in [5.74, 6) is -1.28. The molecule has 1 amide bonds. The highest BCUT2D eigenvalue weighted by molar-refractivity contribution is 5.78. The number of para-hydroxylation sites is 2. The first-order valence-corrected chi connectivity index (χ1v) is 8.69. The van der Waals surface area contributed by atoms with Gasteiger partial charge in [0.15, 0.2) is 24.7 Å². The van der Waals surface area contributed by atoms with E-state index in [1.807, 2.05) is 0 Å². The van der Waals surface area contributed by atoms with Gasteiger partial charge in [-0.2, -0.15) is 13.2 Å². The number of piperidine rings is 1. The first-order chi connectivity index (χ1) is 12.8. The summed E-state index contributed by atoms with van der Waals surface area (Å²) in [6, 6.07) is 5.67. The van der Waals surface area contributed by atoms with Crippen LogP contribution in [-0.4, -0.2) is 53.9 Å². The second-order valence-corrected chi connectivity index (χ2v) is 6.31. The third-order valence-corrected chi connectivity index (χ3v) is 4.23. The summed E-state index contributed by atoms with van der Waals surface area (Å²) in [6.45, 7) is -1.29. The number of halogens is 3. The lowest BCUT2D eigenvalue weighted by atomic mass is 9.98. The highest BCUT2D eigenvalue weighted by atomic mass is 19.4. The largest absolute Gasteiger partial charge is 0.481 e. The number of nitrogens with zero attached hydrogens (tertiary/aromatic N) is 1. The van der Waals surface area contributed by atoms with Crippen molar-refractivity contribution in [3.63, 3.8) is 0 Å². The SMILES string of the molecule is O=C(O)CCC1CCCCN1C(=O)COc1ccccc1OCC(F)(F)F. The lowest BCUT2D eigenvalue weighted by Crippen LogP contribution is -2.46. The zero-order valence-electron chi connectivity index (χ0n) is 14.7. The van der Waals surface area contributed by atoms with Crippen LogP contribution in [0.2, 0.25) is 0 Å². The fraction of sp³-hybridized carbons (Fsp3) is 0.556. The van der Waals surface area contributed by atoms with E-state index >= 15 is 0 Å². The first-order valence-electron chi connectivity index (χ1n) is 8.69. The predicted molar refractivity (Wildman–Crippen MR) is 89.7 cm³/mol. The van der Waals surface area contributed by atoms with Crippen molar-refractivity contribution in [3.05, 3.63) is 24.3 Å². The number of hydrogen-bond donors (Lipinski definition) is 1. The molecule has 1 aliphatic heterocycles.